The van der Waals surface area contributed by atoms with Crippen LogP contribution in [0.1, 0.15) is 11.1 Å². The molecule has 1 aliphatic heterocycles. The molecular weight excluding hydrogens is 270 g/mol. The van der Waals surface area contributed by atoms with Crippen molar-refractivity contribution < 1.29 is 4.74 Å². The van der Waals surface area contributed by atoms with Gasteiger partial charge in [0.05, 0.1) is 0 Å². The van der Waals surface area contributed by atoms with Crippen molar-refractivity contribution in [3.63, 3.8) is 0 Å². The van der Waals surface area contributed by atoms with E-state index < -0.39 is 0 Å². The van der Waals surface area contributed by atoms with Gasteiger partial charge in [-0.3, -0.25) is 4.98 Å². The van der Waals surface area contributed by atoms with Crippen molar-refractivity contribution in [2.24, 2.45) is 0 Å². The van der Waals surface area contributed by atoms with Crippen molar-refractivity contribution >= 4 is 21.5 Å². The fourth-order valence-corrected chi connectivity index (χ4v) is 3.35. The Kier molecular flexibility index (Phi) is 2.30. The van der Waals surface area contributed by atoms with Crippen molar-refractivity contribution in [2.75, 3.05) is 0 Å². The molecule has 0 saturated carbocycles. The Bertz CT molecular complexity index is 1040. The minimum atomic E-state index is 0.911. The predicted octanol–water partition coefficient (Wildman–Crippen LogP) is 5.08. The molecule has 3 aromatic carbocycles. The van der Waals surface area contributed by atoms with Crippen LogP contribution in [0.5, 0.6) is 11.5 Å². The van der Waals surface area contributed by atoms with Gasteiger partial charge < -0.3 is 4.74 Å². The summed E-state index contributed by atoms with van der Waals surface area (Å²) in [6, 6.07) is 18.9. The second-order valence-corrected chi connectivity index (χ2v) is 5.69. The molecule has 0 unspecified atom stereocenters. The Morgan fingerprint density at radius 2 is 1.68 bits per heavy atom. The number of benzene rings is 3. The second kappa shape index (κ2) is 4.31. The van der Waals surface area contributed by atoms with Gasteiger partial charge in [-0.15, -0.1) is 0 Å². The van der Waals surface area contributed by atoms with Gasteiger partial charge in [0, 0.05) is 29.8 Å². The van der Waals surface area contributed by atoms with Gasteiger partial charge >= 0.3 is 0 Å². The van der Waals surface area contributed by atoms with E-state index in [0.29, 0.717) is 0 Å². The first kappa shape index (κ1) is 11.8. The molecule has 2 nitrogen and oxygen atoms in total. The van der Waals surface area contributed by atoms with E-state index in [-0.39, 0.29) is 0 Å². The Morgan fingerprint density at radius 3 is 2.68 bits per heavy atom. The zero-order chi connectivity index (χ0) is 14.5. The molecule has 0 spiro atoms. The average Bonchev–Trinajstić information content (AvgIpc) is 2.59. The average molecular weight is 283 g/mol. The SMILES string of the molecule is c1ccc2c(c1)Cc1c(ccc3c1ccc1ccncc13)O2. The summed E-state index contributed by atoms with van der Waals surface area (Å²) in [6.07, 6.45) is 4.70. The molecule has 5 rings (SSSR count). The van der Waals surface area contributed by atoms with Gasteiger partial charge in [-0.2, -0.15) is 0 Å². The van der Waals surface area contributed by atoms with Gasteiger partial charge in [0.1, 0.15) is 11.5 Å². The minimum Gasteiger partial charge on any atom is -0.457 e. The molecule has 1 aromatic heterocycles. The molecule has 0 saturated heterocycles. The third-order valence-electron chi connectivity index (χ3n) is 4.45. The monoisotopic (exact) mass is 283 g/mol. The number of fused-ring (bicyclic) bond motifs is 6. The predicted molar refractivity (Wildman–Crippen MR) is 88.6 cm³/mol. The summed E-state index contributed by atoms with van der Waals surface area (Å²) in [5, 5.41) is 4.92. The highest BCUT2D eigenvalue weighted by molar-refractivity contribution is 6.08. The van der Waals surface area contributed by atoms with Crippen LogP contribution in [0.3, 0.4) is 0 Å². The van der Waals surface area contributed by atoms with Gasteiger partial charge in [-0.25, -0.2) is 0 Å². The number of para-hydroxylation sites is 1. The maximum atomic E-state index is 6.08. The van der Waals surface area contributed by atoms with Crippen LogP contribution in [-0.2, 0) is 6.42 Å². The topological polar surface area (TPSA) is 22.1 Å². The maximum absolute atomic E-state index is 6.08. The molecule has 0 atom stereocenters. The highest BCUT2D eigenvalue weighted by atomic mass is 16.5. The smallest absolute Gasteiger partial charge is 0.131 e. The molecule has 2 heteroatoms. The number of aromatic nitrogens is 1. The Morgan fingerprint density at radius 1 is 0.773 bits per heavy atom. The molecule has 0 aliphatic carbocycles. The first-order valence-electron chi connectivity index (χ1n) is 7.44. The van der Waals surface area contributed by atoms with Crippen LogP contribution < -0.4 is 4.74 Å². The Balaban J connectivity index is 1.82. The summed E-state index contributed by atoms with van der Waals surface area (Å²) >= 11 is 0. The molecule has 0 radical (unpaired) electrons. The molecule has 0 amide bonds. The highest BCUT2D eigenvalue weighted by Crippen LogP contribution is 2.41. The normalized spacial score (nSPS) is 12.7. The summed E-state index contributed by atoms with van der Waals surface area (Å²) in [5.74, 6) is 1.94. The van der Waals surface area contributed by atoms with E-state index in [9.17, 15) is 0 Å². The zero-order valence-electron chi connectivity index (χ0n) is 11.9. The van der Waals surface area contributed by atoms with Crippen molar-refractivity contribution in [3.8, 4) is 11.5 Å². The molecule has 0 fully saturated rings. The third-order valence-corrected chi connectivity index (χ3v) is 4.45. The van der Waals surface area contributed by atoms with Crippen molar-refractivity contribution in [3.05, 3.63) is 78.1 Å². The quantitative estimate of drug-likeness (QED) is 0.369. The molecule has 1 aliphatic rings. The highest BCUT2D eigenvalue weighted by Gasteiger charge is 2.19. The molecule has 0 N–H and O–H groups in total. The largest absolute Gasteiger partial charge is 0.457 e. The van der Waals surface area contributed by atoms with Crippen LogP contribution in [0.15, 0.2) is 67.0 Å². The van der Waals surface area contributed by atoms with Gasteiger partial charge in [0.25, 0.3) is 0 Å². The lowest BCUT2D eigenvalue weighted by atomic mass is 9.93. The zero-order valence-corrected chi connectivity index (χ0v) is 11.9. The lowest BCUT2D eigenvalue weighted by molar-refractivity contribution is 0.461. The lowest BCUT2D eigenvalue weighted by Crippen LogP contribution is -2.03. The molecule has 0 bridgehead atoms. The first-order valence-corrected chi connectivity index (χ1v) is 7.44. The van der Waals surface area contributed by atoms with Gasteiger partial charge in [0.2, 0.25) is 0 Å². The molecule has 22 heavy (non-hydrogen) atoms. The third kappa shape index (κ3) is 1.58. The summed E-state index contributed by atoms with van der Waals surface area (Å²) in [6.45, 7) is 0. The summed E-state index contributed by atoms with van der Waals surface area (Å²) in [4.78, 5) is 4.28. The number of nitrogens with zero attached hydrogens (tertiary/aromatic N) is 1. The molecule has 4 aromatic rings. The standard InChI is InChI=1S/C20H13NO/c1-2-4-19-14(3-1)11-17-15-6-5-13-9-10-21-12-18(13)16(15)7-8-20(17)22-19/h1-10,12H,11H2. The van der Waals surface area contributed by atoms with Gasteiger partial charge in [-0.05, 0) is 46.0 Å². The van der Waals surface area contributed by atoms with E-state index >= 15 is 0 Å². The number of pyridine rings is 1. The van der Waals surface area contributed by atoms with Gasteiger partial charge in [0.15, 0.2) is 0 Å². The summed E-state index contributed by atoms with van der Waals surface area (Å²) in [7, 11) is 0. The van der Waals surface area contributed by atoms with E-state index in [1.54, 1.807) is 0 Å². The molecule has 2 heterocycles. The maximum Gasteiger partial charge on any atom is 0.131 e. The Hall–Kier alpha value is -2.87. The molecular formula is C20H13NO. The van der Waals surface area contributed by atoms with Crippen LogP contribution in [0.4, 0.5) is 0 Å². The van der Waals surface area contributed by atoms with E-state index in [4.69, 9.17) is 4.74 Å². The van der Waals surface area contributed by atoms with E-state index in [2.05, 4.69) is 47.4 Å². The Labute approximate surface area is 128 Å². The lowest BCUT2D eigenvalue weighted by Gasteiger charge is -2.22. The summed E-state index contributed by atoms with van der Waals surface area (Å²) < 4.78 is 6.08. The first-order chi connectivity index (χ1) is 10.9. The van der Waals surface area contributed by atoms with Crippen LogP contribution >= 0.6 is 0 Å². The minimum absolute atomic E-state index is 0.911. The molecule has 104 valence electrons. The van der Waals surface area contributed by atoms with Crippen molar-refractivity contribution in [1.82, 2.24) is 4.98 Å². The van der Waals surface area contributed by atoms with Gasteiger partial charge in [-0.1, -0.05) is 30.3 Å². The number of hydrogen-bond acceptors (Lipinski definition) is 2. The van der Waals surface area contributed by atoms with E-state index in [1.807, 2.05) is 24.5 Å². The van der Waals surface area contributed by atoms with Crippen LogP contribution in [0.2, 0.25) is 0 Å². The summed E-state index contributed by atoms with van der Waals surface area (Å²) in [5.41, 5.74) is 2.51. The van der Waals surface area contributed by atoms with E-state index in [0.717, 1.165) is 17.9 Å². The number of hydrogen-bond donors (Lipinski definition) is 0. The van der Waals surface area contributed by atoms with E-state index in [1.165, 1.54) is 32.7 Å². The van der Waals surface area contributed by atoms with Crippen molar-refractivity contribution in [1.29, 1.82) is 0 Å². The number of ether oxygens (including phenoxy) is 1. The fourth-order valence-electron chi connectivity index (χ4n) is 3.35. The van der Waals surface area contributed by atoms with Crippen LogP contribution in [0, 0.1) is 0 Å². The fraction of sp³-hybridized carbons (Fsp3) is 0.0500. The second-order valence-electron chi connectivity index (χ2n) is 5.69. The number of rotatable bonds is 0. The van der Waals surface area contributed by atoms with Crippen LogP contribution in [0.25, 0.3) is 21.5 Å². The van der Waals surface area contributed by atoms with Crippen LogP contribution in [-0.4, -0.2) is 4.98 Å². The van der Waals surface area contributed by atoms with Crippen molar-refractivity contribution in [2.45, 2.75) is 6.42 Å².